The maximum absolute atomic E-state index is 12.9. The first-order valence-electron chi connectivity index (χ1n) is 9.24. The van der Waals surface area contributed by atoms with Gasteiger partial charge < -0.3 is 19.5 Å². The summed E-state index contributed by atoms with van der Waals surface area (Å²) in [4.78, 5) is 33.1. The average molecular weight is 348 g/mol. The summed E-state index contributed by atoms with van der Waals surface area (Å²) in [6.45, 7) is 1.99. The summed E-state index contributed by atoms with van der Waals surface area (Å²) in [6.07, 6.45) is 8.18. The van der Waals surface area contributed by atoms with Gasteiger partial charge in [-0.15, -0.1) is 0 Å². The number of aliphatic hydroxyl groups excluding tert-OH is 1. The van der Waals surface area contributed by atoms with Gasteiger partial charge in [-0.05, 0) is 25.7 Å². The summed E-state index contributed by atoms with van der Waals surface area (Å²) in [5.41, 5.74) is 0. The molecule has 7 heteroatoms. The molecule has 7 nitrogen and oxygen atoms in total. The lowest BCUT2D eigenvalue weighted by molar-refractivity contribution is -0.144. The molecule has 1 aromatic rings. The predicted molar refractivity (Wildman–Crippen MR) is 92.4 cm³/mol. The van der Waals surface area contributed by atoms with Crippen LogP contribution >= 0.6 is 0 Å². The molecule has 1 saturated heterocycles. The molecule has 2 fully saturated rings. The van der Waals surface area contributed by atoms with E-state index in [1.807, 2.05) is 22.7 Å². The zero-order chi connectivity index (χ0) is 17.8. The molecule has 0 radical (unpaired) electrons. The second kappa shape index (κ2) is 7.99. The third-order valence-corrected chi connectivity index (χ3v) is 5.55. The number of hydrogen-bond acceptors (Lipinski definition) is 4. The quantitative estimate of drug-likeness (QED) is 0.824. The molecule has 2 amide bonds. The minimum absolute atomic E-state index is 0.0603. The first-order valence-corrected chi connectivity index (χ1v) is 9.24. The standard InChI is InChI=1S/C18H28N4O3/c1-20-10-7-19-16(20)13-22(11-12-23)18(25)15-5-8-21(9-6-15)17(24)14-3-2-4-14/h7,10,14-15,23H,2-6,8-9,11-13H2,1H3. The lowest BCUT2D eigenvalue weighted by Gasteiger charge is -2.37. The molecular weight excluding hydrogens is 320 g/mol. The number of piperidine rings is 1. The van der Waals surface area contributed by atoms with Crippen LogP contribution in [0.2, 0.25) is 0 Å². The molecule has 1 aromatic heterocycles. The molecule has 25 heavy (non-hydrogen) atoms. The fourth-order valence-corrected chi connectivity index (χ4v) is 3.63. The van der Waals surface area contributed by atoms with Crippen molar-refractivity contribution in [2.45, 2.75) is 38.6 Å². The van der Waals surface area contributed by atoms with E-state index < -0.39 is 0 Å². The zero-order valence-electron chi connectivity index (χ0n) is 14.9. The van der Waals surface area contributed by atoms with Crippen LogP contribution in [-0.4, -0.2) is 62.5 Å². The molecule has 0 spiro atoms. The Morgan fingerprint density at radius 1 is 1.24 bits per heavy atom. The fraction of sp³-hybridized carbons (Fsp3) is 0.722. The van der Waals surface area contributed by atoms with Gasteiger partial charge in [0, 0.05) is 50.9 Å². The van der Waals surface area contributed by atoms with Crippen molar-refractivity contribution in [2.75, 3.05) is 26.2 Å². The number of carbonyl (C=O) groups excluding carboxylic acids is 2. The van der Waals surface area contributed by atoms with Crippen LogP contribution in [0.1, 0.15) is 37.9 Å². The Bertz CT molecular complexity index is 603. The number of aromatic nitrogens is 2. The van der Waals surface area contributed by atoms with Gasteiger partial charge in [0.25, 0.3) is 0 Å². The van der Waals surface area contributed by atoms with Crippen molar-refractivity contribution in [1.29, 1.82) is 0 Å². The van der Waals surface area contributed by atoms with Crippen LogP contribution in [0.25, 0.3) is 0 Å². The first kappa shape index (κ1) is 17.9. The molecule has 1 saturated carbocycles. The molecule has 1 aliphatic carbocycles. The lowest BCUT2D eigenvalue weighted by atomic mass is 9.83. The molecule has 138 valence electrons. The molecule has 3 rings (SSSR count). The van der Waals surface area contributed by atoms with E-state index >= 15 is 0 Å². The molecule has 2 aliphatic rings. The first-order chi connectivity index (χ1) is 12.1. The predicted octanol–water partition coefficient (Wildman–Crippen LogP) is 0.780. The van der Waals surface area contributed by atoms with Crippen LogP contribution in [0, 0.1) is 11.8 Å². The van der Waals surface area contributed by atoms with Gasteiger partial charge in [0.2, 0.25) is 11.8 Å². The second-order valence-corrected chi connectivity index (χ2v) is 7.17. The Kier molecular flexibility index (Phi) is 5.73. The SMILES string of the molecule is Cn1ccnc1CN(CCO)C(=O)C1CCN(C(=O)C2CCC2)CC1. The second-order valence-electron chi connectivity index (χ2n) is 7.17. The van der Waals surface area contributed by atoms with E-state index in [1.165, 1.54) is 0 Å². The summed E-state index contributed by atoms with van der Waals surface area (Å²) in [6, 6.07) is 0. The molecule has 0 atom stereocenters. The molecule has 1 N–H and O–H groups in total. The van der Waals surface area contributed by atoms with E-state index in [1.54, 1.807) is 11.1 Å². The third-order valence-electron chi connectivity index (χ3n) is 5.55. The van der Waals surface area contributed by atoms with Crippen LogP contribution in [0.3, 0.4) is 0 Å². The summed E-state index contributed by atoms with van der Waals surface area (Å²) in [7, 11) is 1.90. The fourth-order valence-electron chi connectivity index (χ4n) is 3.63. The Morgan fingerprint density at radius 3 is 2.48 bits per heavy atom. The van der Waals surface area contributed by atoms with Gasteiger partial charge in [-0.1, -0.05) is 6.42 Å². The number of aryl methyl sites for hydroxylation is 1. The minimum Gasteiger partial charge on any atom is -0.395 e. The third kappa shape index (κ3) is 4.03. The Morgan fingerprint density at radius 2 is 1.96 bits per heavy atom. The number of carbonyl (C=O) groups is 2. The normalized spacial score (nSPS) is 18.9. The summed E-state index contributed by atoms with van der Waals surface area (Å²) in [5.74, 6) is 1.29. The molecule has 1 aliphatic heterocycles. The summed E-state index contributed by atoms with van der Waals surface area (Å²) >= 11 is 0. The number of amides is 2. The van der Waals surface area contributed by atoms with Gasteiger partial charge in [-0.25, -0.2) is 4.98 Å². The molecule has 0 bridgehead atoms. The largest absolute Gasteiger partial charge is 0.395 e. The number of likely N-dealkylation sites (tertiary alicyclic amines) is 1. The molecule has 0 aromatic carbocycles. The Hall–Kier alpha value is -1.89. The van der Waals surface area contributed by atoms with Crippen molar-refractivity contribution < 1.29 is 14.7 Å². The smallest absolute Gasteiger partial charge is 0.226 e. The van der Waals surface area contributed by atoms with Gasteiger partial charge in [0.1, 0.15) is 5.82 Å². The molecule has 2 heterocycles. The van der Waals surface area contributed by atoms with Crippen LogP contribution in [0.15, 0.2) is 12.4 Å². The van der Waals surface area contributed by atoms with Crippen LogP contribution in [-0.2, 0) is 23.2 Å². The maximum atomic E-state index is 12.9. The van der Waals surface area contributed by atoms with Gasteiger partial charge in [-0.3, -0.25) is 9.59 Å². The Labute approximate surface area is 148 Å². The minimum atomic E-state index is -0.0720. The highest BCUT2D eigenvalue weighted by Gasteiger charge is 2.34. The average Bonchev–Trinajstić information content (AvgIpc) is 2.97. The number of nitrogens with zero attached hydrogens (tertiary/aromatic N) is 4. The molecular formula is C18H28N4O3. The van der Waals surface area contributed by atoms with Crippen molar-refractivity contribution in [3.63, 3.8) is 0 Å². The van der Waals surface area contributed by atoms with Gasteiger partial charge in [-0.2, -0.15) is 0 Å². The van der Waals surface area contributed by atoms with E-state index in [2.05, 4.69) is 4.98 Å². The van der Waals surface area contributed by atoms with Gasteiger partial charge >= 0.3 is 0 Å². The van der Waals surface area contributed by atoms with E-state index in [0.29, 0.717) is 39.0 Å². The van der Waals surface area contributed by atoms with Crippen molar-refractivity contribution >= 4 is 11.8 Å². The van der Waals surface area contributed by atoms with Crippen molar-refractivity contribution in [3.8, 4) is 0 Å². The van der Waals surface area contributed by atoms with E-state index in [0.717, 1.165) is 25.1 Å². The van der Waals surface area contributed by atoms with Crippen LogP contribution in [0.4, 0.5) is 0 Å². The highest BCUT2D eigenvalue weighted by Crippen LogP contribution is 2.30. The van der Waals surface area contributed by atoms with Crippen molar-refractivity contribution in [2.24, 2.45) is 18.9 Å². The maximum Gasteiger partial charge on any atom is 0.226 e. The highest BCUT2D eigenvalue weighted by atomic mass is 16.3. The van der Waals surface area contributed by atoms with Crippen molar-refractivity contribution in [3.05, 3.63) is 18.2 Å². The topological polar surface area (TPSA) is 78.7 Å². The zero-order valence-corrected chi connectivity index (χ0v) is 14.9. The van der Waals surface area contributed by atoms with E-state index in [-0.39, 0.29) is 30.3 Å². The van der Waals surface area contributed by atoms with Crippen LogP contribution < -0.4 is 0 Å². The van der Waals surface area contributed by atoms with Crippen molar-refractivity contribution in [1.82, 2.24) is 19.4 Å². The lowest BCUT2D eigenvalue weighted by Crippen LogP contribution is -2.47. The summed E-state index contributed by atoms with van der Waals surface area (Å²) in [5, 5.41) is 9.32. The highest BCUT2D eigenvalue weighted by molar-refractivity contribution is 5.81. The van der Waals surface area contributed by atoms with E-state index in [4.69, 9.17) is 0 Å². The number of hydrogen-bond donors (Lipinski definition) is 1. The number of imidazole rings is 1. The summed E-state index contributed by atoms with van der Waals surface area (Å²) < 4.78 is 1.89. The van der Waals surface area contributed by atoms with Gasteiger partial charge in [0.15, 0.2) is 0 Å². The number of aliphatic hydroxyl groups is 1. The molecule has 0 unspecified atom stereocenters. The number of rotatable bonds is 6. The van der Waals surface area contributed by atoms with Crippen LogP contribution in [0.5, 0.6) is 0 Å². The Balaban J connectivity index is 1.55. The van der Waals surface area contributed by atoms with E-state index in [9.17, 15) is 14.7 Å². The monoisotopic (exact) mass is 348 g/mol. The van der Waals surface area contributed by atoms with Gasteiger partial charge in [0.05, 0.1) is 13.2 Å².